The van der Waals surface area contributed by atoms with E-state index in [1.54, 1.807) is 42.6 Å². The van der Waals surface area contributed by atoms with E-state index in [9.17, 15) is 4.39 Å². The van der Waals surface area contributed by atoms with E-state index in [1.165, 1.54) is 12.3 Å². The Bertz CT molecular complexity index is 971. The van der Waals surface area contributed by atoms with Gasteiger partial charge in [0.2, 0.25) is 0 Å². The largest absolute Gasteiger partial charge is 0.411 e. The molecule has 2 N–H and O–H groups in total. The van der Waals surface area contributed by atoms with E-state index in [2.05, 4.69) is 32.3 Å². The number of oxime groups is 1. The molecule has 124 valence electrons. The van der Waals surface area contributed by atoms with Crippen LogP contribution < -0.4 is 5.32 Å². The average Bonchev–Trinajstić information content (AvgIpc) is 2.62. The second-order valence-corrected chi connectivity index (χ2v) is 5.16. The minimum atomic E-state index is -0.300. The highest BCUT2D eigenvalue weighted by molar-refractivity contribution is 5.91. The third kappa shape index (κ3) is 4.09. The van der Waals surface area contributed by atoms with Crippen LogP contribution in [0.25, 0.3) is 10.9 Å². The minimum Gasteiger partial charge on any atom is -0.411 e. The molecule has 0 bridgehead atoms. The summed E-state index contributed by atoms with van der Waals surface area (Å²) in [5.41, 5.74) is 2.44. The highest BCUT2D eigenvalue weighted by Gasteiger charge is 2.06. The summed E-state index contributed by atoms with van der Waals surface area (Å²) in [5, 5.41) is 15.1. The maximum Gasteiger partial charge on any atom is 0.134 e. The Hall–Kier alpha value is -3.46. The third-order valence-corrected chi connectivity index (χ3v) is 3.46. The van der Waals surface area contributed by atoms with Gasteiger partial charge in [-0.15, -0.1) is 0 Å². The lowest BCUT2D eigenvalue weighted by atomic mass is 10.1. The van der Waals surface area contributed by atoms with Gasteiger partial charge in [0.05, 0.1) is 22.8 Å². The van der Waals surface area contributed by atoms with Crippen LogP contribution in [0.1, 0.15) is 17.8 Å². The summed E-state index contributed by atoms with van der Waals surface area (Å²) in [4.78, 5) is 8.38. The van der Waals surface area contributed by atoms with Crippen LogP contribution in [0.3, 0.4) is 0 Å². The first-order valence-electron chi connectivity index (χ1n) is 7.68. The molecule has 0 saturated carbocycles. The van der Waals surface area contributed by atoms with Crippen molar-refractivity contribution in [3.8, 4) is 11.8 Å². The van der Waals surface area contributed by atoms with Gasteiger partial charge in [0, 0.05) is 24.8 Å². The molecule has 2 aromatic heterocycles. The molecule has 0 saturated heterocycles. The van der Waals surface area contributed by atoms with Crippen LogP contribution in [-0.2, 0) is 0 Å². The lowest BCUT2D eigenvalue weighted by Gasteiger charge is -2.08. The van der Waals surface area contributed by atoms with Crippen LogP contribution in [0, 0.1) is 17.7 Å². The molecule has 3 rings (SSSR count). The van der Waals surface area contributed by atoms with Gasteiger partial charge in [0.25, 0.3) is 0 Å². The van der Waals surface area contributed by atoms with Crippen molar-refractivity contribution >= 4 is 22.8 Å². The molecule has 0 radical (unpaired) electrons. The Morgan fingerprint density at radius 3 is 2.96 bits per heavy atom. The van der Waals surface area contributed by atoms with Crippen molar-refractivity contribution in [2.45, 2.75) is 6.42 Å². The van der Waals surface area contributed by atoms with E-state index in [0.717, 1.165) is 0 Å². The normalized spacial score (nSPS) is 10.6. The quantitative estimate of drug-likeness (QED) is 0.252. The lowest BCUT2D eigenvalue weighted by Crippen LogP contribution is -2.02. The molecule has 6 heteroatoms. The number of fused-ring (bicyclic) bond motifs is 1. The van der Waals surface area contributed by atoms with Crippen molar-refractivity contribution in [3.63, 3.8) is 0 Å². The van der Waals surface area contributed by atoms with Gasteiger partial charge in [-0.05, 0) is 36.3 Å². The van der Waals surface area contributed by atoms with E-state index >= 15 is 0 Å². The highest BCUT2D eigenvalue weighted by Crippen LogP contribution is 2.24. The summed E-state index contributed by atoms with van der Waals surface area (Å²) in [6, 6.07) is 11.9. The molecule has 0 fully saturated rings. The monoisotopic (exact) mass is 334 g/mol. The number of hydrogen-bond donors (Lipinski definition) is 2. The number of halogens is 1. The number of hydrogen-bond acceptors (Lipinski definition) is 5. The average molecular weight is 334 g/mol. The number of rotatable bonds is 4. The second-order valence-electron chi connectivity index (χ2n) is 5.16. The highest BCUT2D eigenvalue weighted by atomic mass is 19.1. The summed E-state index contributed by atoms with van der Waals surface area (Å²) < 4.78 is 14.0. The van der Waals surface area contributed by atoms with Gasteiger partial charge in [-0.1, -0.05) is 23.2 Å². The van der Waals surface area contributed by atoms with Gasteiger partial charge in [-0.3, -0.25) is 4.98 Å². The lowest BCUT2D eigenvalue weighted by molar-refractivity contribution is 0.321. The first kappa shape index (κ1) is 16.4. The van der Waals surface area contributed by atoms with Crippen molar-refractivity contribution in [1.82, 2.24) is 9.97 Å². The van der Waals surface area contributed by atoms with Crippen LogP contribution >= 0.6 is 0 Å². The van der Waals surface area contributed by atoms with E-state index < -0.39 is 0 Å². The molecular weight excluding hydrogens is 319 g/mol. The molecule has 0 amide bonds. The summed E-state index contributed by atoms with van der Waals surface area (Å²) >= 11 is 0. The molecule has 0 aliphatic carbocycles. The fourth-order valence-electron chi connectivity index (χ4n) is 2.37. The summed E-state index contributed by atoms with van der Waals surface area (Å²) in [7, 11) is 0. The van der Waals surface area contributed by atoms with E-state index in [4.69, 9.17) is 5.21 Å². The van der Waals surface area contributed by atoms with Crippen LogP contribution in [0.15, 0.2) is 53.8 Å². The molecule has 0 aliphatic rings. The maximum atomic E-state index is 14.0. The predicted octanol–water partition coefficient (Wildman–Crippen LogP) is 3.43. The summed E-state index contributed by atoms with van der Waals surface area (Å²) in [5.74, 6) is 5.66. The molecular formula is C19H15FN4O. The molecule has 5 nitrogen and oxygen atoms in total. The molecule has 0 unspecified atom stereocenters. The third-order valence-electron chi connectivity index (χ3n) is 3.46. The van der Waals surface area contributed by atoms with Crippen LogP contribution in [0.4, 0.5) is 10.1 Å². The van der Waals surface area contributed by atoms with Gasteiger partial charge in [0.15, 0.2) is 0 Å². The number of nitrogens with one attached hydrogen (secondary N) is 1. The van der Waals surface area contributed by atoms with Gasteiger partial charge >= 0.3 is 0 Å². The fraction of sp³-hybridized carbons (Fsp3) is 0.105. The summed E-state index contributed by atoms with van der Waals surface area (Å²) in [6.07, 6.45) is 3.46. The Kier molecular flexibility index (Phi) is 5.17. The van der Waals surface area contributed by atoms with E-state index in [-0.39, 0.29) is 5.82 Å². The smallest absolute Gasteiger partial charge is 0.134 e. The van der Waals surface area contributed by atoms with Crippen LogP contribution in [-0.4, -0.2) is 27.9 Å². The zero-order valence-electron chi connectivity index (χ0n) is 13.3. The van der Waals surface area contributed by atoms with Crippen molar-refractivity contribution in [2.24, 2.45) is 5.16 Å². The molecule has 2 heterocycles. The van der Waals surface area contributed by atoms with Crippen molar-refractivity contribution in [1.29, 1.82) is 0 Å². The Morgan fingerprint density at radius 2 is 2.08 bits per heavy atom. The minimum absolute atomic E-state index is 0.300. The molecule has 0 aliphatic heterocycles. The first-order chi connectivity index (χ1) is 12.3. The maximum absolute atomic E-state index is 14.0. The predicted molar refractivity (Wildman–Crippen MR) is 95.3 cm³/mol. The van der Waals surface area contributed by atoms with Gasteiger partial charge < -0.3 is 10.5 Å². The van der Waals surface area contributed by atoms with Crippen LogP contribution in [0.5, 0.6) is 0 Å². The number of anilines is 1. The van der Waals surface area contributed by atoms with Gasteiger partial charge in [-0.2, -0.15) is 0 Å². The number of nitrogens with zero attached hydrogens (tertiary/aromatic N) is 3. The number of pyridine rings is 2. The van der Waals surface area contributed by atoms with Crippen molar-refractivity contribution in [2.75, 3.05) is 11.9 Å². The summed E-state index contributed by atoms with van der Waals surface area (Å²) in [6.45, 7) is 0.568. The number of benzene rings is 1. The Morgan fingerprint density at radius 1 is 1.20 bits per heavy atom. The molecule has 0 spiro atoms. The zero-order chi connectivity index (χ0) is 17.5. The van der Waals surface area contributed by atoms with Gasteiger partial charge in [-0.25, -0.2) is 9.37 Å². The number of aromatic nitrogens is 2. The standard InChI is InChI=1S/C19H15FN4O/c20-16-8-4-9-17-19(16)18(10-12-22-17)21-11-2-1-5-14-6-3-7-15(24-14)13-23-25/h3-4,6-10,12-13,25H,2,11H2,(H,21,22). The zero-order valence-corrected chi connectivity index (χ0v) is 13.3. The topological polar surface area (TPSA) is 70.4 Å². The Balaban J connectivity index is 1.64. The second kappa shape index (κ2) is 7.88. The Labute approximate surface area is 144 Å². The molecule has 25 heavy (non-hydrogen) atoms. The molecule has 1 aromatic carbocycles. The van der Waals surface area contributed by atoms with Crippen molar-refractivity contribution in [3.05, 3.63) is 65.9 Å². The molecule has 0 atom stereocenters. The fourth-order valence-corrected chi connectivity index (χ4v) is 2.37. The molecule has 3 aromatic rings. The van der Waals surface area contributed by atoms with Crippen molar-refractivity contribution < 1.29 is 9.60 Å². The first-order valence-corrected chi connectivity index (χ1v) is 7.68. The van der Waals surface area contributed by atoms with E-state index in [0.29, 0.717) is 40.9 Å². The van der Waals surface area contributed by atoms with E-state index in [1.807, 2.05) is 0 Å². The van der Waals surface area contributed by atoms with Crippen LogP contribution in [0.2, 0.25) is 0 Å². The van der Waals surface area contributed by atoms with Gasteiger partial charge in [0.1, 0.15) is 11.5 Å². The SMILES string of the molecule is ON=Cc1cccc(C#CCCNc2ccnc3cccc(F)c23)n1.